The number of benzene rings is 2. The highest BCUT2D eigenvalue weighted by Gasteiger charge is 2.45. The van der Waals surface area contributed by atoms with Crippen LogP contribution in [0.25, 0.3) is 28.4 Å². The van der Waals surface area contributed by atoms with Gasteiger partial charge in [0.05, 0.1) is 24.7 Å². The molecule has 17 nitrogen and oxygen atoms in total. The van der Waals surface area contributed by atoms with E-state index in [0.29, 0.717) is 5.69 Å². The number of para-hydroxylation sites is 1. The van der Waals surface area contributed by atoms with Crippen molar-refractivity contribution in [2.45, 2.75) is 31.5 Å². The standard InChI is InChI=1S/C26H25N9O8S/c1-13-6-8-14(9-7-13)16-10-35(33-31-16)26-29-22(27)19-23(30-26)34(12-28-19)25-21(38)20(37)18(43-25)11-42-44(40,41)32-24(39)15-4-2-3-5-17(15)36/h2-10,12,18,20-21,25,36-38H,11H2,1H3,(H,32,39)(H2,27,29,30)/t18-,20-,21-,25-/m1/s1. The fourth-order valence-electron chi connectivity index (χ4n) is 4.55. The maximum absolute atomic E-state index is 12.4. The minimum atomic E-state index is -4.70. The lowest BCUT2D eigenvalue weighted by Crippen LogP contribution is -2.37. The summed E-state index contributed by atoms with van der Waals surface area (Å²) in [6, 6.07) is 13.0. The zero-order valence-electron chi connectivity index (χ0n) is 22.8. The number of nitrogens with one attached hydrogen (secondary N) is 1. The van der Waals surface area contributed by atoms with E-state index in [9.17, 15) is 28.5 Å². The summed E-state index contributed by atoms with van der Waals surface area (Å²) >= 11 is 0. The number of phenols is 1. The van der Waals surface area contributed by atoms with E-state index in [1.54, 1.807) is 10.9 Å². The molecule has 0 spiro atoms. The molecule has 5 aromatic rings. The van der Waals surface area contributed by atoms with Gasteiger partial charge in [-0.1, -0.05) is 47.2 Å². The Morgan fingerprint density at radius 1 is 1.11 bits per heavy atom. The lowest BCUT2D eigenvalue weighted by atomic mass is 10.1. The quantitative estimate of drug-likeness (QED) is 0.153. The number of nitrogen functional groups attached to an aromatic ring is 1. The van der Waals surface area contributed by atoms with E-state index in [2.05, 4.69) is 25.3 Å². The third-order valence-corrected chi connectivity index (χ3v) is 7.73. The number of fused-ring (bicyclic) bond motifs is 1. The molecule has 0 radical (unpaired) electrons. The molecule has 6 rings (SSSR count). The molecule has 1 aliphatic rings. The minimum absolute atomic E-state index is 0.00431. The third-order valence-electron chi connectivity index (χ3n) is 6.85. The average molecular weight is 624 g/mol. The number of aryl methyl sites for hydroxylation is 1. The molecular formula is C26H25N9O8S. The summed E-state index contributed by atoms with van der Waals surface area (Å²) in [5, 5.41) is 39.5. The molecule has 0 unspecified atom stereocenters. The van der Waals surface area contributed by atoms with Gasteiger partial charge in [0.2, 0.25) is 0 Å². The largest absolute Gasteiger partial charge is 0.507 e. The Morgan fingerprint density at radius 3 is 2.61 bits per heavy atom. The maximum atomic E-state index is 12.4. The Labute approximate surface area is 248 Å². The average Bonchev–Trinajstić information content (AvgIpc) is 3.71. The number of aliphatic hydroxyl groups excluding tert-OH is 2. The van der Waals surface area contributed by atoms with Gasteiger partial charge in [0.1, 0.15) is 35.3 Å². The molecule has 1 fully saturated rings. The summed E-state index contributed by atoms with van der Waals surface area (Å²) in [4.78, 5) is 25.2. The van der Waals surface area contributed by atoms with Gasteiger partial charge >= 0.3 is 10.3 Å². The second kappa shape index (κ2) is 11.2. The Hall–Kier alpha value is -5.01. The molecule has 1 amide bonds. The second-order valence-corrected chi connectivity index (χ2v) is 11.2. The van der Waals surface area contributed by atoms with E-state index < -0.39 is 53.1 Å². The van der Waals surface area contributed by atoms with E-state index in [-0.39, 0.29) is 28.5 Å². The van der Waals surface area contributed by atoms with Crippen LogP contribution in [-0.4, -0.2) is 89.1 Å². The summed E-state index contributed by atoms with van der Waals surface area (Å²) in [5.41, 5.74) is 8.62. The summed E-state index contributed by atoms with van der Waals surface area (Å²) in [6.45, 7) is 1.20. The van der Waals surface area contributed by atoms with Crippen LogP contribution in [0, 0.1) is 6.92 Å². The predicted molar refractivity (Wildman–Crippen MR) is 151 cm³/mol. The number of aromatic hydroxyl groups is 1. The summed E-state index contributed by atoms with van der Waals surface area (Å²) in [6.07, 6.45) is -2.93. The molecule has 6 N–H and O–H groups in total. The van der Waals surface area contributed by atoms with Crippen molar-refractivity contribution in [3.63, 3.8) is 0 Å². The lowest BCUT2D eigenvalue weighted by molar-refractivity contribution is -0.0468. The molecule has 4 heterocycles. The van der Waals surface area contributed by atoms with Crippen LogP contribution in [0.1, 0.15) is 22.1 Å². The molecule has 3 aromatic heterocycles. The predicted octanol–water partition coefficient (Wildman–Crippen LogP) is -0.0192. The number of anilines is 1. The molecule has 228 valence electrons. The van der Waals surface area contributed by atoms with Crippen LogP contribution < -0.4 is 10.5 Å². The van der Waals surface area contributed by atoms with Gasteiger partial charge in [-0.3, -0.25) is 13.5 Å². The van der Waals surface area contributed by atoms with Crippen molar-refractivity contribution in [2.75, 3.05) is 12.3 Å². The number of carbonyl (C=O) groups is 1. The molecule has 2 aromatic carbocycles. The lowest BCUT2D eigenvalue weighted by Gasteiger charge is -2.16. The third kappa shape index (κ3) is 5.54. The molecule has 0 aliphatic carbocycles. The number of nitrogens with two attached hydrogens (primary N) is 1. The van der Waals surface area contributed by atoms with Gasteiger partial charge in [-0.25, -0.2) is 9.71 Å². The molecule has 44 heavy (non-hydrogen) atoms. The number of amides is 1. The van der Waals surface area contributed by atoms with Gasteiger partial charge in [-0.2, -0.15) is 23.1 Å². The normalized spacial score (nSPS) is 20.2. The number of phenolic OH excluding ortho intramolecular Hbond substituents is 1. The van der Waals surface area contributed by atoms with Gasteiger partial charge < -0.3 is 25.8 Å². The van der Waals surface area contributed by atoms with E-state index >= 15 is 0 Å². The molecule has 18 heteroatoms. The topological polar surface area (TPSA) is 243 Å². The van der Waals surface area contributed by atoms with E-state index in [1.807, 2.05) is 31.2 Å². The Kier molecular flexibility index (Phi) is 7.43. The first-order valence-electron chi connectivity index (χ1n) is 13.0. The van der Waals surface area contributed by atoms with E-state index in [1.165, 1.54) is 39.8 Å². The van der Waals surface area contributed by atoms with Gasteiger partial charge in [-0.15, -0.1) is 5.10 Å². The van der Waals surface area contributed by atoms with Crippen molar-refractivity contribution in [1.82, 2.24) is 39.2 Å². The van der Waals surface area contributed by atoms with Gasteiger partial charge in [0, 0.05) is 5.56 Å². The van der Waals surface area contributed by atoms with Gasteiger partial charge in [0.25, 0.3) is 11.9 Å². The fraction of sp³-hybridized carbons (Fsp3) is 0.231. The highest BCUT2D eigenvalue weighted by molar-refractivity contribution is 7.85. The SMILES string of the molecule is Cc1ccc(-c2cn(-c3nc(N)c4ncn([C@@H]5O[C@H](COS(=O)(=O)NC(=O)c6ccccc6O)[C@@H](O)[C@H]5O)c4n3)nn2)cc1. The van der Waals surface area contributed by atoms with Crippen LogP contribution in [-0.2, 0) is 19.2 Å². The smallest absolute Gasteiger partial charge is 0.362 e. The number of hydrogen-bond acceptors (Lipinski definition) is 14. The highest BCUT2D eigenvalue weighted by Crippen LogP contribution is 2.33. The molecule has 1 aliphatic heterocycles. The molecule has 4 atom stereocenters. The van der Waals surface area contributed by atoms with Gasteiger partial charge in [0.15, 0.2) is 17.7 Å². The first kappa shape index (κ1) is 29.1. The second-order valence-electron chi connectivity index (χ2n) is 9.88. The highest BCUT2D eigenvalue weighted by atomic mass is 32.2. The molecule has 0 saturated carbocycles. The Morgan fingerprint density at radius 2 is 1.86 bits per heavy atom. The Bertz CT molecular complexity index is 1960. The molecular weight excluding hydrogens is 598 g/mol. The number of ether oxygens (including phenoxy) is 1. The van der Waals surface area contributed by atoms with Crippen molar-refractivity contribution >= 4 is 33.2 Å². The monoisotopic (exact) mass is 623 g/mol. The van der Waals surface area contributed by atoms with E-state index in [0.717, 1.165) is 11.1 Å². The zero-order valence-corrected chi connectivity index (χ0v) is 23.6. The summed E-state index contributed by atoms with van der Waals surface area (Å²) in [7, 11) is -4.70. The Balaban J connectivity index is 1.20. The summed E-state index contributed by atoms with van der Waals surface area (Å²) < 4.78 is 39.6. The number of aliphatic hydroxyl groups is 2. The van der Waals surface area contributed by atoms with Crippen LogP contribution in [0.5, 0.6) is 5.75 Å². The number of imidazole rings is 1. The van der Waals surface area contributed by atoms with Crippen molar-refractivity contribution < 1.29 is 37.5 Å². The van der Waals surface area contributed by atoms with Crippen molar-refractivity contribution in [2.24, 2.45) is 0 Å². The van der Waals surface area contributed by atoms with Crippen LogP contribution >= 0.6 is 0 Å². The molecule has 0 bridgehead atoms. The van der Waals surface area contributed by atoms with Crippen molar-refractivity contribution in [3.8, 4) is 23.0 Å². The number of nitrogens with zero attached hydrogens (tertiary/aromatic N) is 7. The van der Waals surface area contributed by atoms with Crippen LogP contribution in [0.15, 0.2) is 61.1 Å². The van der Waals surface area contributed by atoms with Crippen LogP contribution in [0.3, 0.4) is 0 Å². The number of hydrogen-bond donors (Lipinski definition) is 5. The van der Waals surface area contributed by atoms with Crippen LogP contribution in [0.2, 0.25) is 0 Å². The maximum Gasteiger partial charge on any atom is 0.362 e. The van der Waals surface area contributed by atoms with Gasteiger partial charge in [-0.05, 0) is 19.1 Å². The zero-order chi connectivity index (χ0) is 31.2. The van der Waals surface area contributed by atoms with Crippen molar-refractivity contribution in [1.29, 1.82) is 0 Å². The van der Waals surface area contributed by atoms with Crippen molar-refractivity contribution in [3.05, 3.63) is 72.2 Å². The summed E-state index contributed by atoms with van der Waals surface area (Å²) in [5.74, 6) is -1.53. The minimum Gasteiger partial charge on any atom is -0.507 e. The fourth-order valence-corrected chi connectivity index (χ4v) is 5.26. The van der Waals surface area contributed by atoms with Crippen LogP contribution in [0.4, 0.5) is 5.82 Å². The number of rotatable bonds is 8. The number of carbonyl (C=O) groups excluding carboxylic acids is 1. The first-order chi connectivity index (χ1) is 21.0. The number of aromatic nitrogens is 7. The van der Waals surface area contributed by atoms with E-state index in [4.69, 9.17) is 14.7 Å². The first-order valence-corrected chi connectivity index (χ1v) is 14.4. The molecule has 1 saturated heterocycles.